The summed E-state index contributed by atoms with van der Waals surface area (Å²) < 4.78 is 21.1. The van der Waals surface area contributed by atoms with Crippen LogP contribution in [0.3, 0.4) is 0 Å². The van der Waals surface area contributed by atoms with E-state index in [0.29, 0.717) is 11.4 Å². The maximum Gasteiger partial charge on any atom is 0.246 e. The minimum Gasteiger partial charge on any atom is -0.484 e. The number of hydrogen-bond donors (Lipinski definition) is 1. The van der Waals surface area contributed by atoms with Gasteiger partial charge in [-0.3, -0.25) is 14.5 Å². The van der Waals surface area contributed by atoms with Gasteiger partial charge in [0.1, 0.15) is 13.2 Å². The monoisotopic (exact) mass is 340 g/mol. The average Bonchev–Trinajstić information content (AvgIpc) is 2.99. The van der Waals surface area contributed by atoms with Crippen LogP contribution < -0.4 is 10.1 Å². The van der Waals surface area contributed by atoms with Crippen LogP contribution in [0.15, 0.2) is 55.0 Å². The summed E-state index contributed by atoms with van der Waals surface area (Å²) >= 11 is 0. The first-order valence-electron chi connectivity index (χ1n) is 7.71. The van der Waals surface area contributed by atoms with Crippen LogP contribution in [0, 0.1) is 12.7 Å². The Hall–Kier alpha value is -3.22. The van der Waals surface area contributed by atoms with Crippen molar-refractivity contribution in [3.63, 3.8) is 0 Å². The number of nitrogens with one attached hydrogen (secondary N) is 1. The van der Waals surface area contributed by atoms with Crippen LogP contribution in [0.5, 0.6) is 5.75 Å². The van der Waals surface area contributed by atoms with Crippen molar-refractivity contribution >= 4 is 11.6 Å². The summed E-state index contributed by atoms with van der Waals surface area (Å²) in [6.45, 7) is 2.12. The molecule has 0 radical (unpaired) electrons. The van der Waals surface area contributed by atoms with Gasteiger partial charge < -0.3 is 10.1 Å². The van der Waals surface area contributed by atoms with E-state index in [1.807, 2.05) is 13.0 Å². The van der Waals surface area contributed by atoms with E-state index in [1.54, 1.807) is 36.8 Å². The van der Waals surface area contributed by atoms with Gasteiger partial charge in [-0.1, -0.05) is 6.07 Å². The van der Waals surface area contributed by atoms with Gasteiger partial charge in [0.05, 0.1) is 11.9 Å². The lowest BCUT2D eigenvalue weighted by atomic mass is 10.3. The quantitative estimate of drug-likeness (QED) is 0.749. The van der Waals surface area contributed by atoms with Gasteiger partial charge in [0.15, 0.2) is 11.6 Å². The standard InChI is InChI=1S/C18H17FN4O2/c1-13-9-21-23(10-13)11-18(24)22-14-5-6-17(16(19)8-14)25-12-15-4-2-3-7-20-15/h2-10H,11-12H2,1H3,(H,22,24). The van der Waals surface area contributed by atoms with Gasteiger partial charge in [-0.15, -0.1) is 0 Å². The topological polar surface area (TPSA) is 69.0 Å². The summed E-state index contributed by atoms with van der Waals surface area (Å²) in [6.07, 6.45) is 5.07. The summed E-state index contributed by atoms with van der Waals surface area (Å²) in [5, 5.41) is 6.67. The molecule has 0 saturated carbocycles. The van der Waals surface area contributed by atoms with Crippen LogP contribution in [0.2, 0.25) is 0 Å². The van der Waals surface area contributed by atoms with Gasteiger partial charge in [0, 0.05) is 24.1 Å². The number of nitrogens with zero attached hydrogens (tertiary/aromatic N) is 3. The Labute approximate surface area is 144 Å². The number of aryl methyl sites for hydroxylation is 1. The van der Waals surface area contributed by atoms with E-state index in [9.17, 15) is 9.18 Å². The molecule has 2 heterocycles. The Bertz CT molecular complexity index is 865. The fourth-order valence-corrected chi connectivity index (χ4v) is 2.23. The summed E-state index contributed by atoms with van der Waals surface area (Å²) in [6, 6.07) is 9.71. The molecule has 0 atom stereocenters. The van der Waals surface area contributed by atoms with Crippen LogP contribution in [-0.4, -0.2) is 20.7 Å². The fraction of sp³-hybridized carbons (Fsp3) is 0.167. The van der Waals surface area contributed by atoms with E-state index < -0.39 is 5.82 Å². The number of halogens is 1. The number of carbonyl (C=O) groups is 1. The summed E-state index contributed by atoms with van der Waals surface area (Å²) in [5.74, 6) is -0.736. The Balaban J connectivity index is 1.58. The minimum atomic E-state index is -0.552. The molecule has 2 aromatic heterocycles. The Kier molecular flexibility index (Phi) is 5.03. The number of carbonyl (C=O) groups excluding carboxylic acids is 1. The molecule has 0 aliphatic heterocycles. The maximum atomic E-state index is 14.1. The molecular weight excluding hydrogens is 323 g/mol. The van der Waals surface area contributed by atoms with E-state index in [-0.39, 0.29) is 24.8 Å². The van der Waals surface area contributed by atoms with Crippen molar-refractivity contribution in [3.05, 3.63) is 72.1 Å². The zero-order valence-corrected chi connectivity index (χ0v) is 13.6. The molecule has 1 N–H and O–H groups in total. The highest BCUT2D eigenvalue weighted by Crippen LogP contribution is 2.22. The van der Waals surface area contributed by atoms with E-state index in [4.69, 9.17) is 4.74 Å². The number of aromatic nitrogens is 3. The first-order chi connectivity index (χ1) is 12.1. The average molecular weight is 340 g/mol. The number of benzene rings is 1. The first kappa shape index (κ1) is 16.6. The van der Waals surface area contributed by atoms with Crippen molar-refractivity contribution in [2.75, 3.05) is 5.32 Å². The minimum absolute atomic E-state index is 0.0629. The molecule has 3 aromatic rings. The Morgan fingerprint density at radius 1 is 1.32 bits per heavy atom. The molecule has 128 valence electrons. The lowest BCUT2D eigenvalue weighted by Crippen LogP contribution is -2.19. The lowest BCUT2D eigenvalue weighted by Gasteiger charge is -2.09. The Morgan fingerprint density at radius 2 is 2.20 bits per heavy atom. The summed E-state index contributed by atoms with van der Waals surface area (Å²) in [7, 11) is 0. The van der Waals surface area contributed by atoms with Crippen molar-refractivity contribution in [2.24, 2.45) is 0 Å². The summed E-state index contributed by atoms with van der Waals surface area (Å²) in [4.78, 5) is 16.1. The lowest BCUT2D eigenvalue weighted by molar-refractivity contribution is -0.116. The predicted molar refractivity (Wildman–Crippen MR) is 90.6 cm³/mol. The van der Waals surface area contributed by atoms with Gasteiger partial charge in [0.2, 0.25) is 5.91 Å². The second kappa shape index (κ2) is 7.57. The Morgan fingerprint density at radius 3 is 2.88 bits per heavy atom. The molecule has 1 aromatic carbocycles. The van der Waals surface area contributed by atoms with Crippen molar-refractivity contribution in [1.82, 2.24) is 14.8 Å². The van der Waals surface area contributed by atoms with Gasteiger partial charge in [-0.05, 0) is 36.8 Å². The third-order valence-electron chi connectivity index (χ3n) is 3.39. The van der Waals surface area contributed by atoms with Gasteiger partial charge in [-0.2, -0.15) is 5.10 Å². The second-order valence-electron chi connectivity index (χ2n) is 5.52. The third-order valence-corrected chi connectivity index (χ3v) is 3.39. The molecular formula is C18H17FN4O2. The fourth-order valence-electron chi connectivity index (χ4n) is 2.23. The molecule has 7 heteroatoms. The molecule has 0 aliphatic carbocycles. The van der Waals surface area contributed by atoms with Gasteiger partial charge >= 0.3 is 0 Å². The van der Waals surface area contributed by atoms with E-state index in [0.717, 1.165) is 5.56 Å². The van der Waals surface area contributed by atoms with Crippen LogP contribution >= 0.6 is 0 Å². The maximum absolute atomic E-state index is 14.1. The van der Waals surface area contributed by atoms with Crippen molar-refractivity contribution in [2.45, 2.75) is 20.1 Å². The summed E-state index contributed by atoms with van der Waals surface area (Å²) in [5.41, 5.74) is 2.03. The number of pyridine rings is 1. The number of amides is 1. The van der Waals surface area contributed by atoms with E-state index >= 15 is 0 Å². The number of ether oxygens (including phenoxy) is 1. The van der Waals surface area contributed by atoms with Gasteiger partial charge in [-0.25, -0.2) is 4.39 Å². The van der Waals surface area contributed by atoms with Gasteiger partial charge in [0.25, 0.3) is 0 Å². The molecule has 0 fully saturated rings. The zero-order chi connectivity index (χ0) is 17.6. The van der Waals surface area contributed by atoms with Crippen LogP contribution in [0.4, 0.5) is 10.1 Å². The highest BCUT2D eigenvalue weighted by Gasteiger charge is 2.09. The third kappa shape index (κ3) is 4.63. The number of hydrogen-bond acceptors (Lipinski definition) is 4. The highest BCUT2D eigenvalue weighted by atomic mass is 19.1. The molecule has 3 rings (SSSR count). The molecule has 6 nitrogen and oxygen atoms in total. The van der Waals surface area contributed by atoms with Crippen molar-refractivity contribution < 1.29 is 13.9 Å². The van der Waals surface area contributed by atoms with E-state index in [1.165, 1.54) is 16.8 Å². The largest absolute Gasteiger partial charge is 0.484 e. The van der Waals surface area contributed by atoms with Crippen molar-refractivity contribution in [1.29, 1.82) is 0 Å². The normalized spacial score (nSPS) is 10.5. The number of rotatable bonds is 6. The zero-order valence-electron chi connectivity index (χ0n) is 13.6. The molecule has 1 amide bonds. The molecule has 0 spiro atoms. The van der Waals surface area contributed by atoms with E-state index in [2.05, 4.69) is 15.4 Å². The highest BCUT2D eigenvalue weighted by molar-refractivity contribution is 5.90. The first-order valence-corrected chi connectivity index (χ1v) is 7.71. The number of anilines is 1. The molecule has 0 bridgehead atoms. The van der Waals surface area contributed by atoms with Crippen LogP contribution in [0.1, 0.15) is 11.3 Å². The second-order valence-corrected chi connectivity index (χ2v) is 5.52. The molecule has 25 heavy (non-hydrogen) atoms. The SMILES string of the molecule is Cc1cnn(CC(=O)Nc2ccc(OCc3ccccn3)c(F)c2)c1. The molecule has 0 aliphatic rings. The predicted octanol–water partition coefficient (Wildman–Crippen LogP) is 2.94. The molecule has 0 saturated heterocycles. The molecule has 0 unspecified atom stereocenters. The van der Waals surface area contributed by atoms with Crippen molar-refractivity contribution in [3.8, 4) is 5.75 Å². The van der Waals surface area contributed by atoms with Crippen LogP contribution in [-0.2, 0) is 17.9 Å². The van der Waals surface area contributed by atoms with Crippen LogP contribution in [0.25, 0.3) is 0 Å². The smallest absolute Gasteiger partial charge is 0.246 e.